The van der Waals surface area contributed by atoms with Crippen molar-refractivity contribution in [1.82, 2.24) is 10.3 Å². The summed E-state index contributed by atoms with van der Waals surface area (Å²) in [4.78, 5) is 3.83. The predicted octanol–water partition coefficient (Wildman–Crippen LogP) is 0.673. The van der Waals surface area contributed by atoms with Gasteiger partial charge in [-0.25, -0.2) is 13.6 Å². The first-order valence-electron chi connectivity index (χ1n) is 6.51. The molecule has 1 heterocycles. The molecule has 106 valence electrons. The molecule has 7 heteroatoms. The summed E-state index contributed by atoms with van der Waals surface area (Å²) < 4.78 is 22.8. The third-order valence-electron chi connectivity index (χ3n) is 3.32. The van der Waals surface area contributed by atoms with Gasteiger partial charge in [0.2, 0.25) is 10.0 Å². The SMILES string of the molecule is NS(=O)(=O)c1cnccc1NCCNC1CCCC1. The summed E-state index contributed by atoms with van der Waals surface area (Å²) in [6.07, 6.45) is 7.87. The van der Waals surface area contributed by atoms with E-state index in [2.05, 4.69) is 15.6 Å². The topological polar surface area (TPSA) is 97.1 Å². The Kier molecular flexibility index (Phi) is 4.73. The quantitative estimate of drug-likeness (QED) is 0.667. The van der Waals surface area contributed by atoms with Crippen LogP contribution in [0, 0.1) is 0 Å². The molecular formula is C12H20N4O2S. The molecule has 0 bridgehead atoms. The van der Waals surface area contributed by atoms with E-state index in [-0.39, 0.29) is 4.90 Å². The largest absolute Gasteiger partial charge is 0.383 e. The minimum atomic E-state index is -3.73. The average molecular weight is 284 g/mol. The third-order valence-corrected chi connectivity index (χ3v) is 4.26. The fourth-order valence-corrected chi connectivity index (χ4v) is 3.01. The van der Waals surface area contributed by atoms with E-state index in [0.29, 0.717) is 18.3 Å². The Morgan fingerprint density at radius 2 is 2.05 bits per heavy atom. The summed E-state index contributed by atoms with van der Waals surface area (Å²) in [5, 5.41) is 11.7. The maximum atomic E-state index is 11.4. The van der Waals surface area contributed by atoms with Gasteiger partial charge >= 0.3 is 0 Å². The van der Waals surface area contributed by atoms with Gasteiger partial charge in [0.15, 0.2) is 0 Å². The molecule has 4 N–H and O–H groups in total. The van der Waals surface area contributed by atoms with Crippen LogP contribution in [0.1, 0.15) is 25.7 Å². The molecule has 1 aromatic rings. The molecule has 0 radical (unpaired) electrons. The minimum Gasteiger partial charge on any atom is -0.383 e. The van der Waals surface area contributed by atoms with Crippen LogP contribution >= 0.6 is 0 Å². The van der Waals surface area contributed by atoms with E-state index in [4.69, 9.17) is 5.14 Å². The van der Waals surface area contributed by atoms with E-state index in [1.165, 1.54) is 31.9 Å². The molecule has 0 amide bonds. The molecule has 1 aliphatic carbocycles. The average Bonchev–Trinajstić information content (AvgIpc) is 2.87. The lowest BCUT2D eigenvalue weighted by Gasteiger charge is -2.13. The highest BCUT2D eigenvalue weighted by Gasteiger charge is 2.15. The van der Waals surface area contributed by atoms with Crippen LogP contribution < -0.4 is 15.8 Å². The number of primary sulfonamides is 1. The van der Waals surface area contributed by atoms with Crippen LogP contribution in [0.2, 0.25) is 0 Å². The second-order valence-electron chi connectivity index (χ2n) is 4.78. The van der Waals surface area contributed by atoms with Crippen LogP contribution in [0.3, 0.4) is 0 Å². The van der Waals surface area contributed by atoms with Crippen LogP contribution in [-0.4, -0.2) is 32.5 Å². The first-order chi connectivity index (χ1) is 9.07. The maximum absolute atomic E-state index is 11.4. The lowest BCUT2D eigenvalue weighted by atomic mass is 10.2. The molecule has 1 saturated carbocycles. The van der Waals surface area contributed by atoms with Crippen molar-refractivity contribution in [2.24, 2.45) is 5.14 Å². The van der Waals surface area contributed by atoms with Gasteiger partial charge in [-0.1, -0.05) is 12.8 Å². The van der Waals surface area contributed by atoms with Gasteiger partial charge < -0.3 is 10.6 Å². The lowest BCUT2D eigenvalue weighted by Crippen LogP contribution is -2.31. The van der Waals surface area contributed by atoms with E-state index in [1.54, 1.807) is 12.3 Å². The molecule has 2 rings (SSSR count). The highest BCUT2D eigenvalue weighted by molar-refractivity contribution is 7.89. The Morgan fingerprint density at radius 3 is 2.74 bits per heavy atom. The molecule has 1 aromatic heterocycles. The van der Waals surface area contributed by atoms with E-state index in [0.717, 1.165) is 6.54 Å². The van der Waals surface area contributed by atoms with Crippen molar-refractivity contribution >= 4 is 15.7 Å². The molecule has 0 unspecified atom stereocenters. The zero-order valence-corrected chi connectivity index (χ0v) is 11.6. The first kappa shape index (κ1) is 14.2. The fourth-order valence-electron chi connectivity index (χ4n) is 2.36. The number of nitrogens with two attached hydrogens (primary N) is 1. The van der Waals surface area contributed by atoms with Crippen LogP contribution in [-0.2, 0) is 10.0 Å². The van der Waals surface area contributed by atoms with Crippen LogP contribution in [0.4, 0.5) is 5.69 Å². The number of sulfonamides is 1. The number of rotatable bonds is 6. The smallest absolute Gasteiger partial charge is 0.241 e. The molecule has 1 fully saturated rings. The van der Waals surface area contributed by atoms with E-state index in [9.17, 15) is 8.42 Å². The summed E-state index contributed by atoms with van der Waals surface area (Å²) in [6.45, 7) is 1.46. The molecule has 1 aliphatic rings. The van der Waals surface area contributed by atoms with Crippen LogP contribution in [0.15, 0.2) is 23.4 Å². The van der Waals surface area contributed by atoms with Gasteiger partial charge in [0.05, 0.1) is 5.69 Å². The lowest BCUT2D eigenvalue weighted by molar-refractivity contribution is 0.536. The Bertz CT molecular complexity index is 512. The van der Waals surface area contributed by atoms with Crippen molar-refractivity contribution < 1.29 is 8.42 Å². The summed E-state index contributed by atoms with van der Waals surface area (Å²) >= 11 is 0. The number of nitrogens with zero attached hydrogens (tertiary/aromatic N) is 1. The number of hydrogen-bond donors (Lipinski definition) is 3. The van der Waals surface area contributed by atoms with Gasteiger partial charge in [-0.2, -0.15) is 0 Å². The first-order valence-corrected chi connectivity index (χ1v) is 8.06. The number of aromatic nitrogens is 1. The summed E-state index contributed by atoms with van der Waals surface area (Å²) in [6, 6.07) is 2.23. The molecule has 0 spiro atoms. The summed E-state index contributed by atoms with van der Waals surface area (Å²) in [7, 11) is -3.73. The molecule has 0 aromatic carbocycles. The maximum Gasteiger partial charge on any atom is 0.241 e. The fraction of sp³-hybridized carbons (Fsp3) is 0.583. The molecule has 0 aliphatic heterocycles. The summed E-state index contributed by atoms with van der Waals surface area (Å²) in [5.74, 6) is 0. The number of anilines is 1. The van der Waals surface area contributed by atoms with E-state index >= 15 is 0 Å². The second-order valence-corrected chi connectivity index (χ2v) is 6.31. The zero-order valence-electron chi connectivity index (χ0n) is 10.8. The van der Waals surface area contributed by atoms with E-state index < -0.39 is 10.0 Å². The van der Waals surface area contributed by atoms with Gasteiger partial charge in [-0.05, 0) is 18.9 Å². The van der Waals surface area contributed by atoms with Crippen LogP contribution in [0.5, 0.6) is 0 Å². The molecule has 0 atom stereocenters. The Morgan fingerprint density at radius 1 is 1.32 bits per heavy atom. The molecule has 6 nitrogen and oxygen atoms in total. The Labute approximate surface area is 113 Å². The Hall–Kier alpha value is -1.18. The van der Waals surface area contributed by atoms with Gasteiger partial charge in [-0.3, -0.25) is 4.98 Å². The number of hydrogen-bond acceptors (Lipinski definition) is 5. The highest BCUT2D eigenvalue weighted by Crippen LogP contribution is 2.18. The minimum absolute atomic E-state index is 0.0378. The zero-order chi connectivity index (χ0) is 13.7. The van der Waals surface area contributed by atoms with Crippen molar-refractivity contribution in [2.75, 3.05) is 18.4 Å². The van der Waals surface area contributed by atoms with Crippen molar-refractivity contribution in [3.63, 3.8) is 0 Å². The molecule has 0 saturated heterocycles. The van der Waals surface area contributed by atoms with E-state index in [1.807, 2.05) is 0 Å². The van der Waals surface area contributed by atoms with Gasteiger partial charge in [0.1, 0.15) is 4.90 Å². The van der Waals surface area contributed by atoms with Crippen molar-refractivity contribution in [2.45, 2.75) is 36.6 Å². The van der Waals surface area contributed by atoms with Gasteiger partial charge in [-0.15, -0.1) is 0 Å². The number of pyridine rings is 1. The Balaban J connectivity index is 1.85. The third kappa shape index (κ3) is 4.15. The second kappa shape index (κ2) is 6.31. The monoisotopic (exact) mass is 284 g/mol. The van der Waals surface area contributed by atoms with Gasteiger partial charge in [0.25, 0.3) is 0 Å². The molecular weight excluding hydrogens is 264 g/mol. The number of nitrogens with one attached hydrogen (secondary N) is 2. The van der Waals surface area contributed by atoms with Gasteiger partial charge in [0, 0.05) is 31.5 Å². The molecule has 19 heavy (non-hydrogen) atoms. The summed E-state index contributed by atoms with van der Waals surface area (Å²) in [5.41, 5.74) is 0.505. The predicted molar refractivity (Wildman–Crippen MR) is 74.4 cm³/mol. The van der Waals surface area contributed by atoms with Crippen LogP contribution in [0.25, 0.3) is 0 Å². The normalized spacial score (nSPS) is 16.7. The van der Waals surface area contributed by atoms with Crippen molar-refractivity contribution in [3.05, 3.63) is 18.5 Å². The van der Waals surface area contributed by atoms with Crippen molar-refractivity contribution in [1.29, 1.82) is 0 Å². The standard InChI is InChI=1S/C12H20N4O2S/c13-19(17,18)12-9-14-6-5-11(12)16-8-7-15-10-3-1-2-4-10/h5-6,9-10,15H,1-4,7-8H2,(H,14,16)(H2,13,17,18). The van der Waals surface area contributed by atoms with Crippen molar-refractivity contribution in [3.8, 4) is 0 Å². The highest BCUT2D eigenvalue weighted by atomic mass is 32.2.